The average molecular weight is 136 g/mol. The molecule has 1 heterocycles. The molecular weight excluding hydrogens is 128 g/mol. The van der Waals surface area contributed by atoms with Crippen molar-refractivity contribution in [3.05, 3.63) is 23.7 Å². The molecule has 1 aromatic rings. The van der Waals surface area contributed by atoms with Gasteiger partial charge in [-0.2, -0.15) is 0 Å². The molecule has 0 amide bonds. The van der Waals surface area contributed by atoms with Crippen LogP contribution in [0, 0.1) is 19.3 Å². The highest BCUT2D eigenvalue weighted by Crippen LogP contribution is 2.16. The Balaban J connectivity index is 2.96. The van der Waals surface area contributed by atoms with E-state index < -0.39 is 6.10 Å². The van der Waals surface area contributed by atoms with Crippen LogP contribution in [0.2, 0.25) is 0 Å². The first kappa shape index (κ1) is 6.91. The number of terminal acetylenes is 1. The lowest BCUT2D eigenvalue weighted by Gasteiger charge is -1.98. The van der Waals surface area contributed by atoms with Crippen molar-refractivity contribution in [3.8, 4) is 12.3 Å². The molecule has 0 aliphatic rings. The van der Waals surface area contributed by atoms with Crippen molar-refractivity contribution in [3.63, 3.8) is 0 Å². The summed E-state index contributed by atoms with van der Waals surface area (Å²) in [5.41, 5.74) is 0.880. The van der Waals surface area contributed by atoms with Crippen LogP contribution in [0.15, 0.2) is 16.7 Å². The number of rotatable bonds is 1. The van der Waals surface area contributed by atoms with E-state index in [0.29, 0.717) is 5.76 Å². The zero-order chi connectivity index (χ0) is 7.56. The van der Waals surface area contributed by atoms with Crippen molar-refractivity contribution in [1.29, 1.82) is 0 Å². The third-order valence-corrected chi connectivity index (χ3v) is 1.31. The van der Waals surface area contributed by atoms with Gasteiger partial charge in [0.2, 0.25) is 0 Å². The molecule has 0 saturated heterocycles. The highest BCUT2D eigenvalue weighted by Gasteiger charge is 2.09. The van der Waals surface area contributed by atoms with E-state index in [9.17, 15) is 0 Å². The Bertz CT molecular complexity index is 254. The first-order valence-corrected chi connectivity index (χ1v) is 2.94. The summed E-state index contributed by atoms with van der Waals surface area (Å²) in [7, 11) is 0. The van der Waals surface area contributed by atoms with Crippen LogP contribution in [0.3, 0.4) is 0 Å². The quantitative estimate of drug-likeness (QED) is 0.589. The van der Waals surface area contributed by atoms with E-state index in [0.717, 1.165) is 5.56 Å². The molecule has 10 heavy (non-hydrogen) atoms. The fourth-order valence-corrected chi connectivity index (χ4v) is 0.740. The van der Waals surface area contributed by atoms with Gasteiger partial charge in [0, 0.05) is 0 Å². The Labute approximate surface area is 59.5 Å². The van der Waals surface area contributed by atoms with Crippen LogP contribution >= 0.6 is 0 Å². The van der Waals surface area contributed by atoms with Gasteiger partial charge in [-0.3, -0.25) is 0 Å². The normalized spacial score (nSPS) is 12.5. The topological polar surface area (TPSA) is 33.4 Å². The molecule has 1 aromatic heterocycles. The van der Waals surface area contributed by atoms with Crippen LogP contribution in [-0.4, -0.2) is 5.11 Å². The monoisotopic (exact) mass is 136 g/mol. The fraction of sp³-hybridized carbons (Fsp3) is 0.250. The number of aryl methyl sites for hydroxylation is 1. The van der Waals surface area contributed by atoms with Gasteiger partial charge in [-0.1, -0.05) is 5.92 Å². The Morgan fingerprint density at radius 1 is 1.80 bits per heavy atom. The van der Waals surface area contributed by atoms with E-state index in [2.05, 4.69) is 5.92 Å². The number of hydrogen-bond donors (Lipinski definition) is 1. The van der Waals surface area contributed by atoms with Gasteiger partial charge in [0.05, 0.1) is 6.26 Å². The number of aliphatic hydroxyl groups excluding tert-OH is 1. The van der Waals surface area contributed by atoms with E-state index >= 15 is 0 Å². The van der Waals surface area contributed by atoms with E-state index in [1.54, 1.807) is 6.07 Å². The minimum Gasteiger partial charge on any atom is -0.465 e. The molecule has 1 rings (SSSR count). The second kappa shape index (κ2) is 2.59. The minimum atomic E-state index is -0.907. The van der Waals surface area contributed by atoms with Crippen molar-refractivity contribution in [2.24, 2.45) is 0 Å². The maximum absolute atomic E-state index is 9.07. The van der Waals surface area contributed by atoms with Gasteiger partial charge in [0.1, 0.15) is 5.76 Å². The van der Waals surface area contributed by atoms with Gasteiger partial charge in [-0.05, 0) is 18.6 Å². The van der Waals surface area contributed by atoms with E-state index in [4.69, 9.17) is 15.9 Å². The van der Waals surface area contributed by atoms with E-state index in [-0.39, 0.29) is 0 Å². The van der Waals surface area contributed by atoms with Crippen molar-refractivity contribution in [2.45, 2.75) is 13.0 Å². The molecule has 0 unspecified atom stereocenters. The molecule has 0 radical (unpaired) electrons. The largest absolute Gasteiger partial charge is 0.465 e. The molecule has 0 fully saturated rings. The second-order valence-electron chi connectivity index (χ2n) is 2.04. The summed E-state index contributed by atoms with van der Waals surface area (Å²) in [6.45, 7) is 1.83. The third kappa shape index (κ3) is 1.04. The van der Waals surface area contributed by atoms with Gasteiger partial charge >= 0.3 is 0 Å². The Morgan fingerprint density at radius 3 is 2.90 bits per heavy atom. The lowest BCUT2D eigenvalue weighted by atomic mass is 10.2. The molecule has 0 aromatic carbocycles. The van der Waals surface area contributed by atoms with Crippen LogP contribution in [0.1, 0.15) is 17.4 Å². The first-order chi connectivity index (χ1) is 4.75. The molecule has 1 atom stereocenters. The van der Waals surface area contributed by atoms with Crippen molar-refractivity contribution in [1.82, 2.24) is 0 Å². The van der Waals surface area contributed by atoms with Crippen LogP contribution in [0.4, 0.5) is 0 Å². The molecule has 52 valence electrons. The van der Waals surface area contributed by atoms with Gasteiger partial charge in [-0.15, -0.1) is 6.42 Å². The van der Waals surface area contributed by atoms with Crippen LogP contribution in [-0.2, 0) is 0 Å². The summed E-state index contributed by atoms with van der Waals surface area (Å²) < 4.78 is 4.92. The van der Waals surface area contributed by atoms with Crippen molar-refractivity contribution >= 4 is 0 Å². The van der Waals surface area contributed by atoms with Crippen LogP contribution in [0.25, 0.3) is 0 Å². The summed E-state index contributed by atoms with van der Waals surface area (Å²) in [4.78, 5) is 0. The standard InChI is InChI=1S/C8H8O2/c1-3-7(9)8-6(2)4-5-10-8/h1,4-5,7,9H,2H3/t7-/m1/s1. The van der Waals surface area contributed by atoms with Crippen molar-refractivity contribution < 1.29 is 9.52 Å². The smallest absolute Gasteiger partial charge is 0.172 e. The maximum atomic E-state index is 9.07. The molecule has 1 N–H and O–H groups in total. The molecule has 0 saturated carbocycles. The highest BCUT2D eigenvalue weighted by molar-refractivity contribution is 5.21. The summed E-state index contributed by atoms with van der Waals surface area (Å²) in [6, 6.07) is 1.76. The number of aliphatic hydroxyl groups is 1. The van der Waals surface area contributed by atoms with E-state index in [1.165, 1.54) is 6.26 Å². The summed E-state index contributed by atoms with van der Waals surface area (Å²) in [6.07, 6.45) is 5.57. The predicted molar refractivity (Wildman–Crippen MR) is 37.2 cm³/mol. The number of furan rings is 1. The van der Waals surface area contributed by atoms with Crippen LogP contribution in [0.5, 0.6) is 0 Å². The third-order valence-electron chi connectivity index (χ3n) is 1.31. The zero-order valence-corrected chi connectivity index (χ0v) is 5.66. The summed E-state index contributed by atoms with van der Waals surface area (Å²) in [5, 5.41) is 9.07. The second-order valence-corrected chi connectivity index (χ2v) is 2.04. The fourth-order valence-electron chi connectivity index (χ4n) is 0.740. The number of hydrogen-bond acceptors (Lipinski definition) is 2. The summed E-state index contributed by atoms with van der Waals surface area (Å²) in [5.74, 6) is 2.63. The highest BCUT2D eigenvalue weighted by atomic mass is 16.4. The Kier molecular flexibility index (Phi) is 1.79. The zero-order valence-electron chi connectivity index (χ0n) is 5.66. The minimum absolute atomic E-state index is 0.461. The predicted octanol–water partition coefficient (Wildman–Crippen LogP) is 1.25. The lowest BCUT2D eigenvalue weighted by Crippen LogP contribution is -1.91. The van der Waals surface area contributed by atoms with Gasteiger partial charge in [0.15, 0.2) is 6.10 Å². The lowest BCUT2D eigenvalue weighted by molar-refractivity contribution is 0.205. The molecule has 2 heteroatoms. The SMILES string of the molecule is C#C[C@@H](O)c1occc1C. The molecule has 0 spiro atoms. The Morgan fingerprint density at radius 2 is 2.50 bits per heavy atom. The summed E-state index contributed by atoms with van der Waals surface area (Å²) >= 11 is 0. The first-order valence-electron chi connectivity index (χ1n) is 2.94. The van der Waals surface area contributed by atoms with Gasteiger partial charge < -0.3 is 9.52 Å². The Hall–Kier alpha value is -1.20. The molecule has 0 aliphatic carbocycles. The van der Waals surface area contributed by atoms with Crippen molar-refractivity contribution in [2.75, 3.05) is 0 Å². The maximum Gasteiger partial charge on any atom is 0.172 e. The van der Waals surface area contributed by atoms with Gasteiger partial charge in [0.25, 0.3) is 0 Å². The van der Waals surface area contributed by atoms with Crippen LogP contribution < -0.4 is 0 Å². The molecule has 0 aliphatic heterocycles. The van der Waals surface area contributed by atoms with Gasteiger partial charge in [-0.25, -0.2) is 0 Å². The van der Waals surface area contributed by atoms with E-state index in [1.807, 2.05) is 6.92 Å². The average Bonchev–Trinajstić information content (AvgIpc) is 2.34. The molecule has 0 bridgehead atoms. The molecular formula is C8H8O2. The molecule has 2 nitrogen and oxygen atoms in total.